The van der Waals surface area contributed by atoms with Gasteiger partial charge >= 0.3 is 0 Å². The molecule has 0 saturated carbocycles. The van der Waals surface area contributed by atoms with Crippen LogP contribution >= 0.6 is 0 Å². The summed E-state index contributed by atoms with van der Waals surface area (Å²) < 4.78 is 0. The first-order chi connectivity index (χ1) is 3.39. The molecule has 1 heteroatoms. The first-order valence-corrected chi connectivity index (χ1v) is 2.52. The van der Waals surface area contributed by atoms with E-state index in [1.165, 1.54) is 6.42 Å². The monoisotopic (exact) mass is 95.1 g/mol. The summed E-state index contributed by atoms with van der Waals surface area (Å²) in [5.74, 6) is 0. The normalized spacial score (nSPS) is 23.0. The van der Waals surface area contributed by atoms with Gasteiger partial charge in [0.1, 0.15) is 0 Å². The minimum atomic E-state index is 1.12. The molecular formula is C6H9N. The van der Waals surface area contributed by atoms with E-state index in [0.717, 1.165) is 6.54 Å². The molecule has 1 rings (SSSR count). The largest absolute Gasteiger partial charge is 0.293 e. The molecule has 38 valence electrons. The summed E-state index contributed by atoms with van der Waals surface area (Å²) in [7, 11) is 2.03. The zero-order valence-corrected chi connectivity index (χ0v) is 4.52. The van der Waals surface area contributed by atoms with Gasteiger partial charge in [0.25, 0.3) is 0 Å². The molecule has 0 unspecified atom stereocenters. The van der Waals surface area contributed by atoms with Gasteiger partial charge in [-0.1, -0.05) is 12.2 Å². The molecule has 1 nitrogen and oxygen atoms in total. The van der Waals surface area contributed by atoms with E-state index in [0.29, 0.717) is 0 Å². The molecule has 0 bridgehead atoms. The maximum Gasteiger partial charge on any atom is 0.0878 e. The molecule has 7 heavy (non-hydrogen) atoms. The van der Waals surface area contributed by atoms with Crippen LogP contribution in [0.3, 0.4) is 0 Å². The molecule has 0 aromatic carbocycles. The predicted octanol–water partition coefficient (Wildman–Crippen LogP) is 0.917. The average Bonchev–Trinajstić information content (AvgIpc) is 1.69. The van der Waals surface area contributed by atoms with Crippen LogP contribution in [0.15, 0.2) is 12.2 Å². The predicted molar refractivity (Wildman–Crippen MR) is 29.6 cm³/mol. The number of hydrogen-bond acceptors (Lipinski definition) is 1. The number of rotatable bonds is 0. The van der Waals surface area contributed by atoms with Gasteiger partial charge in [-0.25, -0.2) is 0 Å². The lowest BCUT2D eigenvalue weighted by atomic mass is 10.3. The van der Waals surface area contributed by atoms with Crippen molar-refractivity contribution in [3.8, 4) is 0 Å². The minimum absolute atomic E-state index is 1.12. The van der Waals surface area contributed by atoms with Gasteiger partial charge < -0.3 is 0 Å². The van der Waals surface area contributed by atoms with Crippen LogP contribution in [0.25, 0.3) is 0 Å². The average molecular weight is 95.1 g/mol. The Morgan fingerprint density at radius 1 is 1.71 bits per heavy atom. The van der Waals surface area contributed by atoms with Crippen molar-refractivity contribution < 1.29 is 0 Å². The Morgan fingerprint density at radius 3 is 2.86 bits per heavy atom. The van der Waals surface area contributed by atoms with E-state index in [1.54, 1.807) is 0 Å². The van der Waals surface area contributed by atoms with Crippen LogP contribution < -0.4 is 0 Å². The Kier molecular flexibility index (Phi) is 1.47. The summed E-state index contributed by atoms with van der Waals surface area (Å²) in [5.41, 5.74) is 0. The van der Waals surface area contributed by atoms with E-state index >= 15 is 0 Å². The van der Waals surface area contributed by atoms with Gasteiger partial charge in [0.05, 0.1) is 6.54 Å². The maximum atomic E-state index is 3.03. The maximum absolute atomic E-state index is 3.03. The summed E-state index contributed by atoms with van der Waals surface area (Å²) in [5, 5.41) is 0. The second kappa shape index (κ2) is 2.12. The Balaban J connectivity index is 2.32. The van der Waals surface area contributed by atoms with E-state index in [4.69, 9.17) is 0 Å². The van der Waals surface area contributed by atoms with Crippen molar-refractivity contribution >= 4 is 0 Å². The molecule has 0 spiro atoms. The lowest BCUT2D eigenvalue weighted by Gasteiger charge is -2.14. The molecule has 0 atom stereocenters. The molecule has 0 amide bonds. The van der Waals surface area contributed by atoms with Crippen molar-refractivity contribution in [1.29, 1.82) is 0 Å². The number of hydrogen-bond donors (Lipinski definition) is 0. The summed E-state index contributed by atoms with van der Waals surface area (Å²) in [6.07, 6.45) is 5.26. The molecule has 1 aliphatic heterocycles. The summed E-state index contributed by atoms with van der Waals surface area (Å²) in [6, 6.07) is 0. The van der Waals surface area contributed by atoms with E-state index in [1.807, 2.05) is 13.1 Å². The van der Waals surface area contributed by atoms with Gasteiger partial charge in [-0.2, -0.15) is 0 Å². The topological polar surface area (TPSA) is 3.24 Å². The number of likely N-dealkylation sites (N-methyl/N-ethyl adjacent to an activating group) is 1. The van der Waals surface area contributed by atoms with Crippen molar-refractivity contribution in [2.75, 3.05) is 13.6 Å². The fourth-order valence-electron chi connectivity index (χ4n) is 0.596. The molecule has 0 aliphatic carbocycles. The van der Waals surface area contributed by atoms with Gasteiger partial charge in [-0.3, -0.25) is 4.90 Å². The van der Waals surface area contributed by atoms with E-state index in [2.05, 4.69) is 17.5 Å². The van der Waals surface area contributed by atoms with Crippen molar-refractivity contribution in [2.45, 2.75) is 6.42 Å². The minimum Gasteiger partial charge on any atom is -0.293 e. The lowest BCUT2D eigenvalue weighted by Crippen LogP contribution is -2.17. The molecule has 2 radical (unpaired) electrons. The van der Waals surface area contributed by atoms with Gasteiger partial charge in [-0.15, -0.1) is 0 Å². The first-order valence-electron chi connectivity index (χ1n) is 2.52. The van der Waals surface area contributed by atoms with E-state index < -0.39 is 0 Å². The Hall–Kier alpha value is -0.300. The molecule has 0 N–H and O–H groups in total. The molecule has 0 aromatic rings. The zero-order chi connectivity index (χ0) is 5.11. The van der Waals surface area contributed by atoms with Crippen LogP contribution in [-0.4, -0.2) is 18.5 Å². The fraction of sp³-hybridized carbons (Fsp3) is 0.500. The molecule has 1 aliphatic rings. The highest BCUT2D eigenvalue weighted by molar-refractivity contribution is 4.98. The van der Waals surface area contributed by atoms with Gasteiger partial charge in [0.15, 0.2) is 0 Å². The molecule has 0 fully saturated rings. The Bertz CT molecular complexity index is 76.2. The highest BCUT2D eigenvalue weighted by Gasteiger charge is 1.97. The fourth-order valence-corrected chi connectivity index (χ4v) is 0.596. The standard InChI is InChI=1S/C6H9N/c1-7-5-3-2-4-6-7/h2-3H,4,6H2,1H3. The van der Waals surface area contributed by atoms with Crippen molar-refractivity contribution in [3.05, 3.63) is 18.7 Å². The second-order valence-corrected chi connectivity index (χ2v) is 1.74. The van der Waals surface area contributed by atoms with Crippen LogP contribution in [0.1, 0.15) is 6.42 Å². The third-order valence-corrected chi connectivity index (χ3v) is 1.04. The van der Waals surface area contributed by atoms with Crippen LogP contribution in [0.2, 0.25) is 0 Å². The molecule has 0 aromatic heterocycles. The van der Waals surface area contributed by atoms with Crippen LogP contribution in [-0.2, 0) is 0 Å². The lowest BCUT2D eigenvalue weighted by molar-refractivity contribution is 0.419. The van der Waals surface area contributed by atoms with Gasteiger partial charge in [0.2, 0.25) is 0 Å². The third kappa shape index (κ3) is 1.32. The van der Waals surface area contributed by atoms with Crippen LogP contribution in [0.5, 0.6) is 0 Å². The third-order valence-electron chi connectivity index (χ3n) is 1.04. The quantitative estimate of drug-likeness (QED) is 0.432. The van der Waals surface area contributed by atoms with Crippen molar-refractivity contribution in [2.24, 2.45) is 0 Å². The van der Waals surface area contributed by atoms with E-state index in [-0.39, 0.29) is 0 Å². The highest BCUT2D eigenvalue weighted by Crippen LogP contribution is 1.99. The molecule has 1 heterocycles. The van der Waals surface area contributed by atoms with Crippen LogP contribution in [0.4, 0.5) is 0 Å². The molecule has 0 saturated heterocycles. The van der Waals surface area contributed by atoms with Crippen molar-refractivity contribution in [3.63, 3.8) is 0 Å². The second-order valence-electron chi connectivity index (χ2n) is 1.74. The Morgan fingerprint density at radius 2 is 2.57 bits per heavy atom. The van der Waals surface area contributed by atoms with E-state index in [9.17, 15) is 0 Å². The summed E-state index contributed by atoms with van der Waals surface area (Å²) in [6.45, 7) is 4.16. The van der Waals surface area contributed by atoms with Crippen molar-refractivity contribution in [1.82, 2.24) is 4.90 Å². The van der Waals surface area contributed by atoms with Gasteiger partial charge in [0, 0.05) is 6.54 Å². The molecular weight excluding hydrogens is 86.1 g/mol. The summed E-state index contributed by atoms with van der Waals surface area (Å²) >= 11 is 0. The van der Waals surface area contributed by atoms with Crippen LogP contribution in [0, 0.1) is 6.54 Å². The SMILES string of the molecule is CN1[C]C=CCC1. The highest BCUT2D eigenvalue weighted by atomic mass is 15.1. The van der Waals surface area contributed by atoms with Gasteiger partial charge in [-0.05, 0) is 13.5 Å². The number of nitrogens with zero attached hydrogens (tertiary/aromatic N) is 1. The summed E-state index contributed by atoms with van der Waals surface area (Å²) in [4.78, 5) is 2.06. The first kappa shape index (κ1) is 4.85. The zero-order valence-electron chi connectivity index (χ0n) is 4.52. The smallest absolute Gasteiger partial charge is 0.0878 e. The Labute approximate surface area is 44.6 Å².